The van der Waals surface area contributed by atoms with Gasteiger partial charge in [-0.05, 0) is 12.5 Å². The zero-order valence-electron chi connectivity index (χ0n) is 8.27. The number of ether oxygens (including phenoxy) is 1. The van der Waals surface area contributed by atoms with E-state index < -0.39 is 0 Å². The molecule has 0 unspecified atom stereocenters. The van der Waals surface area contributed by atoms with Gasteiger partial charge in [0.25, 0.3) is 0 Å². The Morgan fingerprint density at radius 1 is 1.29 bits per heavy atom. The first-order valence-electron chi connectivity index (χ1n) is 4.76. The van der Waals surface area contributed by atoms with Gasteiger partial charge in [0, 0.05) is 6.54 Å². The van der Waals surface area contributed by atoms with Gasteiger partial charge in [0.2, 0.25) is 0 Å². The Morgan fingerprint density at radius 2 is 2.00 bits per heavy atom. The van der Waals surface area contributed by atoms with Crippen LogP contribution in [0.15, 0.2) is 30.3 Å². The summed E-state index contributed by atoms with van der Waals surface area (Å²) in [6.07, 6.45) is 0.347. The number of hydrogen-bond donors (Lipinski definition) is 1. The van der Waals surface area contributed by atoms with Crippen molar-refractivity contribution in [2.24, 2.45) is 0 Å². The lowest BCUT2D eigenvalue weighted by Crippen LogP contribution is -2.39. The molecular weight excluding hydrogens is 198 g/mol. The van der Waals surface area contributed by atoms with Crippen molar-refractivity contribution < 1.29 is 4.74 Å². The molecule has 0 radical (unpaired) electrons. The maximum Gasteiger partial charge on any atom is 0.0672 e. The van der Waals surface area contributed by atoms with Crippen molar-refractivity contribution in [2.45, 2.75) is 19.1 Å². The van der Waals surface area contributed by atoms with E-state index in [1.807, 2.05) is 6.07 Å². The van der Waals surface area contributed by atoms with Crippen molar-refractivity contribution in [1.29, 1.82) is 0 Å². The highest BCUT2D eigenvalue weighted by Gasteiger charge is 2.18. The third kappa shape index (κ3) is 2.71. The molecule has 0 spiro atoms. The van der Waals surface area contributed by atoms with Crippen LogP contribution < -0.4 is 5.32 Å². The summed E-state index contributed by atoms with van der Waals surface area (Å²) in [6, 6.07) is 10.8. The van der Waals surface area contributed by atoms with E-state index in [4.69, 9.17) is 4.74 Å². The Labute approximate surface area is 91.1 Å². The molecule has 1 aromatic carbocycles. The summed E-state index contributed by atoms with van der Waals surface area (Å²) in [5.74, 6) is 0. The van der Waals surface area contributed by atoms with Crippen LogP contribution in [-0.4, -0.2) is 19.3 Å². The van der Waals surface area contributed by atoms with Crippen molar-refractivity contribution in [1.82, 2.24) is 5.32 Å². The quantitative estimate of drug-likeness (QED) is 0.772. The van der Waals surface area contributed by atoms with E-state index in [0.717, 1.165) is 13.2 Å². The fraction of sp³-hybridized carbons (Fsp3) is 0.455. The largest absolute Gasteiger partial charge is 0.375 e. The molecule has 1 fully saturated rings. The summed E-state index contributed by atoms with van der Waals surface area (Å²) in [7, 11) is 0. The van der Waals surface area contributed by atoms with E-state index in [0.29, 0.717) is 12.1 Å². The molecule has 1 heterocycles. The molecule has 14 heavy (non-hydrogen) atoms. The predicted octanol–water partition coefficient (Wildman–Crippen LogP) is 2.16. The minimum absolute atomic E-state index is 0. The van der Waals surface area contributed by atoms with Gasteiger partial charge in [-0.3, -0.25) is 0 Å². The molecule has 0 saturated carbocycles. The smallest absolute Gasteiger partial charge is 0.0672 e. The zero-order chi connectivity index (χ0) is 9.10. The molecule has 2 atom stereocenters. The normalized spacial score (nSPS) is 26.6. The van der Waals surface area contributed by atoms with Crippen molar-refractivity contribution >= 4 is 12.4 Å². The highest BCUT2D eigenvalue weighted by atomic mass is 35.5. The van der Waals surface area contributed by atoms with E-state index in [1.54, 1.807) is 0 Å². The molecule has 0 bridgehead atoms. The van der Waals surface area contributed by atoms with Gasteiger partial charge < -0.3 is 10.1 Å². The molecule has 2 nitrogen and oxygen atoms in total. The van der Waals surface area contributed by atoms with Gasteiger partial charge in [-0.1, -0.05) is 30.3 Å². The second-order valence-corrected chi connectivity index (χ2v) is 3.52. The maximum absolute atomic E-state index is 5.58. The molecule has 0 amide bonds. The topological polar surface area (TPSA) is 21.3 Å². The van der Waals surface area contributed by atoms with E-state index in [-0.39, 0.29) is 12.4 Å². The van der Waals surface area contributed by atoms with E-state index in [9.17, 15) is 0 Å². The number of morpholine rings is 1. The summed E-state index contributed by atoms with van der Waals surface area (Å²) in [5.41, 5.74) is 1.31. The van der Waals surface area contributed by atoms with Gasteiger partial charge in [0.15, 0.2) is 0 Å². The SMILES string of the molecule is C[C@H]1CN[C@@H](c2ccccc2)CO1.Cl. The third-order valence-electron chi connectivity index (χ3n) is 2.40. The highest BCUT2D eigenvalue weighted by molar-refractivity contribution is 5.85. The molecule has 1 aliphatic heterocycles. The second kappa shape index (κ2) is 5.35. The summed E-state index contributed by atoms with van der Waals surface area (Å²) in [6.45, 7) is 3.82. The average molecular weight is 214 g/mol. The minimum atomic E-state index is 0. The summed E-state index contributed by atoms with van der Waals surface area (Å²) < 4.78 is 5.58. The molecule has 1 aliphatic rings. The Balaban J connectivity index is 0.000000980. The Bertz CT molecular complexity index is 257. The minimum Gasteiger partial charge on any atom is -0.375 e. The van der Waals surface area contributed by atoms with Crippen LogP contribution in [0.4, 0.5) is 0 Å². The number of halogens is 1. The van der Waals surface area contributed by atoms with Crippen LogP contribution in [0.3, 0.4) is 0 Å². The van der Waals surface area contributed by atoms with Crippen molar-refractivity contribution in [3.8, 4) is 0 Å². The average Bonchev–Trinajstić information content (AvgIpc) is 2.20. The van der Waals surface area contributed by atoms with Gasteiger partial charge in [-0.25, -0.2) is 0 Å². The van der Waals surface area contributed by atoms with Crippen molar-refractivity contribution in [2.75, 3.05) is 13.2 Å². The molecule has 0 aromatic heterocycles. The standard InChI is InChI=1S/C11H15NO.ClH/c1-9-7-12-11(8-13-9)10-5-3-2-4-6-10;/h2-6,9,11-12H,7-8H2,1H3;1H/t9-,11+;/m0./s1. The molecule has 1 aromatic rings. The Morgan fingerprint density at radius 3 is 2.57 bits per heavy atom. The zero-order valence-corrected chi connectivity index (χ0v) is 9.09. The van der Waals surface area contributed by atoms with Crippen LogP contribution in [-0.2, 0) is 4.74 Å². The third-order valence-corrected chi connectivity index (χ3v) is 2.40. The van der Waals surface area contributed by atoms with Crippen LogP contribution in [0.2, 0.25) is 0 Å². The molecule has 3 heteroatoms. The lowest BCUT2D eigenvalue weighted by atomic mass is 10.1. The molecule has 78 valence electrons. The number of rotatable bonds is 1. The van der Waals surface area contributed by atoms with Gasteiger partial charge in [0.05, 0.1) is 18.8 Å². The summed E-state index contributed by atoms with van der Waals surface area (Å²) in [4.78, 5) is 0. The van der Waals surface area contributed by atoms with Crippen LogP contribution in [0.5, 0.6) is 0 Å². The Hall–Kier alpha value is -0.570. The van der Waals surface area contributed by atoms with Crippen LogP contribution in [0.25, 0.3) is 0 Å². The fourth-order valence-electron chi connectivity index (χ4n) is 1.59. The van der Waals surface area contributed by atoms with Gasteiger partial charge >= 0.3 is 0 Å². The van der Waals surface area contributed by atoms with Crippen molar-refractivity contribution in [3.63, 3.8) is 0 Å². The monoisotopic (exact) mass is 213 g/mol. The molecule has 0 aliphatic carbocycles. The molecule has 2 rings (SSSR count). The van der Waals surface area contributed by atoms with Crippen LogP contribution in [0.1, 0.15) is 18.5 Å². The fourth-order valence-corrected chi connectivity index (χ4v) is 1.59. The lowest BCUT2D eigenvalue weighted by Gasteiger charge is -2.28. The van der Waals surface area contributed by atoms with Crippen LogP contribution in [0, 0.1) is 0 Å². The van der Waals surface area contributed by atoms with E-state index >= 15 is 0 Å². The highest BCUT2D eigenvalue weighted by Crippen LogP contribution is 2.16. The molecular formula is C11H16ClNO. The van der Waals surface area contributed by atoms with E-state index in [2.05, 4.69) is 36.5 Å². The molecule has 1 N–H and O–H groups in total. The van der Waals surface area contributed by atoms with E-state index in [1.165, 1.54) is 5.56 Å². The summed E-state index contributed by atoms with van der Waals surface area (Å²) >= 11 is 0. The number of nitrogens with one attached hydrogen (secondary N) is 1. The maximum atomic E-state index is 5.58. The lowest BCUT2D eigenvalue weighted by molar-refractivity contribution is 0.0149. The predicted molar refractivity (Wildman–Crippen MR) is 59.8 cm³/mol. The number of hydrogen-bond acceptors (Lipinski definition) is 2. The second-order valence-electron chi connectivity index (χ2n) is 3.52. The van der Waals surface area contributed by atoms with Gasteiger partial charge in [0.1, 0.15) is 0 Å². The molecule has 1 saturated heterocycles. The Kier molecular flexibility index (Phi) is 4.39. The first kappa shape index (κ1) is 11.5. The van der Waals surface area contributed by atoms with Crippen molar-refractivity contribution in [3.05, 3.63) is 35.9 Å². The first-order chi connectivity index (χ1) is 6.36. The van der Waals surface area contributed by atoms with Crippen LogP contribution >= 0.6 is 12.4 Å². The summed E-state index contributed by atoms with van der Waals surface area (Å²) in [5, 5.41) is 3.46. The van der Waals surface area contributed by atoms with Gasteiger partial charge in [-0.2, -0.15) is 0 Å². The number of benzene rings is 1. The van der Waals surface area contributed by atoms with Gasteiger partial charge in [-0.15, -0.1) is 12.4 Å². The first-order valence-corrected chi connectivity index (χ1v) is 4.76.